The summed E-state index contributed by atoms with van der Waals surface area (Å²) in [4.78, 5) is 2.16. The number of hydrogen-bond acceptors (Lipinski definition) is 6. The van der Waals surface area contributed by atoms with Crippen LogP contribution in [-0.2, 0) is 10.0 Å². The number of anilines is 2. The second-order valence-electron chi connectivity index (χ2n) is 4.78. The van der Waals surface area contributed by atoms with E-state index in [1.165, 1.54) is 18.4 Å². The van der Waals surface area contributed by atoms with Crippen molar-refractivity contribution < 1.29 is 8.42 Å². The number of aromatic nitrogens is 1. The molecule has 0 spiro atoms. The summed E-state index contributed by atoms with van der Waals surface area (Å²) in [7, 11) is -0.586. The molecule has 0 amide bonds. The molecule has 0 aliphatic rings. The number of nitrogens with zero attached hydrogens (tertiary/aromatic N) is 3. The fourth-order valence-electron chi connectivity index (χ4n) is 1.73. The van der Waals surface area contributed by atoms with E-state index in [0.717, 1.165) is 24.5 Å². The van der Waals surface area contributed by atoms with Crippen LogP contribution >= 0.6 is 11.5 Å². The zero-order valence-electron chi connectivity index (χ0n) is 12.0. The van der Waals surface area contributed by atoms with Crippen molar-refractivity contribution in [1.29, 1.82) is 0 Å². The van der Waals surface area contributed by atoms with Crippen LogP contribution in [0.5, 0.6) is 0 Å². The lowest BCUT2D eigenvalue weighted by molar-refractivity contribution is 0.520. The second kappa shape index (κ2) is 6.06. The summed E-state index contributed by atoms with van der Waals surface area (Å²) in [6, 6.07) is 0.191. The van der Waals surface area contributed by atoms with Gasteiger partial charge in [-0.15, -0.1) is 0 Å². The van der Waals surface area contributed by atoms with E-state index in [9.17, 15) is 8.42 Å². The maximum atomic E-state index is 12.4. The molecule has 1 heterocycles. The molecule has 0 aromatic carbocycles. The van der Waals surface area contributed by atoms with Crippen molar-refractivity contribution in [3.8, 4) is 0 Å². The Hall–Kier alpha value is -0.860. The summed E-state index contributed by atoms with van der Waals surface area (Å²) >= 11 is 1.14. The topological polar surface area (TPSA) is 79.5 Å². The average molecular weight is 306 g/mol. The van der Waals surface area contributed by atoms with Crippen LogP contribution in [0.1, 0.15) is 27.2 Å². The van der Waals surface area contributed by atoms with Gasteiger partial charge in [-0.2, -0.15) is 4.37 Å². The maximum absolute atomic E-state index is 12.4. The molecule has 0 aliphatic carbocycles. The molecule has 1 aromatic rings. The Balaban J connectivity index is 3.39. The molecule has 0 saturated heterocycles. The summed E-state index contributed by atoms with van der Waals surface area (Å²) in [5.74, 6) is 0.0791. The van der Waals surface area contributed by atoms with Gasteiger partial charge in [-0.05, 0) is 31.8 Å². The molecule has 0 atom stereocenters. The van der Waals surface area contributed by atoms with Crippen LogP contribution < -0.4 is 10.6 Å². The molecule has 0 unspecified atom stereocenters. The standard InChI is InChI=1S/C11H22N4O2S2/c1-6-7-15(8(2)3)11-9(10(12)13-18-11)19(16,17)14(4)5/h8H,6-7H2,1-5H3,(H2,12,13). The largest absolute Gasteiger partial charge is 0.382 e. The monoisotopic (exact) mass is 306 g/mol. The maximum Gasteiger partial charge on any atom is 0.249 e. The van der Waals surface area contributed by atoms with Gasteiger partial charge in [0.2, 0.25) is 10.0 Å². The number of hydrogen-bond donors (Lipinski definition) is 1. The minimum absolute atomic E-state index is 0.0791. The van der Waals surface area contributed by atoms with Crippen molar-refractivity contribution in [3.05, 3.63) is 0 Å². The summed E-state index contributed by atoms with van der Waals surface area (Å²) in [5.41, 5.74) is 5.77. The van der Waals surface area contributed by atoms with Gasteiger partial charge in [0.25, 0.3) is 0 Å². The summed E-state index contributed by atoms with van der Waals surface area (Å²) in [5, 5.41) is 0.628. The van der Waals surface area contributed by atoms with Crippen LogP contribution in [-0.4, -0.2) is 43.8 Å². The third-order valence-electron chi connectivity index (χ3n) is 2.74. The summed E-state index contributed by atoms with van der Waals surface area (Å²) < 4.78 is 29.9. The number of nitrogen functional groups attached to an aromatic ring is 1. The second-order valence-corrected chi connectivity index (χ2v) is 7.62. The highest BCUT2D eigenvalue weighted by Crippen LogP contribution is 2.36. The first-order chi connectivity index (χ1) is 8.73. The molecule has 0 aliphatic heterocycles. The minimum atomic E-state index is -3.58. The normalized spacial score (nSPS) is 12.4. The lowest BCUT2D eigenvalue weighted by Crippen LogP contribution is -2.33. The van der Waals surface area contributed by atoms with Crippen molar-refractivity contribution in [2.24, 2.45) is 0 Å². The van der Waals surface area contributed by atoms with E-state index >= 15 is 0 Å². The highest BCUT2D eigenvalue weighted by Gasteiger charge is 2.30. The third-order valence-corrected chi connectivity index (χ3v) is 5.65. The Morgan fingerprint density at radius 1 is 1.37 bits per heavy atom. The molecule has 0 bridgehead atoms. The van der Waals surface area contributed by atoms with Crippen LogP contribution in [0.4, 0.5) is 10.8 Å². The Morgan fingerprint density at radius 3 is 2.37 bits per heavy atom. The molecular weight excluding hydrogens is 284 g/mol. The highest BCUT2D eigenvalue weighted by atomic mass is 32.2. The lowest BCUT2D eigenvalue weighted by atomic mass is 10.3. The highest BCUT2D eigenvalue weighted by molar-refractivity contribution is 7.89. The van der Waals surface area contributed by atoms with Crippen molar-refractivity contribution >= 4 is 32.4 Å². The molecular formula is C11H22N4O2S2. The van der Waals surface area contributed by atoms with Crippen molar-refractivity contribution in [3.63, 3.8) is 0 Å². The quantitative estimate of drug-likeness (QED) is 0.863. The fourth-order valence-corrected chi connectivity index (χ4v) is 4.10. The van der Waals surface area contributed by atoms with Crippen LogP contribution in [0.2, 0.25) is 0 Å². The molecule has 110 valence electrons. The number of nitrogens with two attached hydrogens (primary N) is 1. The van der Waals surface area contributed by atoms with Crippen LogP contribution in [0.25, 0.3) is 0 Å². The first-order valence-electron chi connectivity index (χ1n) is 6.17. The van der Waals surface area contributed by atoms with E-state index < -0.39 is 10.0 Å². The van der Waals surface area contributed by atoms with Crippen molar-refractivity contribution in [2.75, 3.05) is 31.3 Å². The summed E-state index contributed by atoms with van der Waals surface area (Å²) in [6.45, 7) is 6.88. The van der Waals surface area contributed by atoms with Gasteiger partial charge in [0.1, 0.15) is 5.00 Å². The molecule has 1 aromatic heterocycles. The van der Waals surface area contributed by atoms with Gasteiger partial charge < -0.3 is 10.6 Å². The van der Waals surface area contributed by atoms with E-state index in [-0.39, 0.29) is 16.8 Å². The molecule has 8 heteroatoms. The lowest BCUT2D eigenvalue weighted by Gasteiger charge is -2.28. The minimum Gasteiger partial charge on any atom is -0.382 e. The molecule has 1 rings (SSSR count). The van der Waals surface area contributed by atoms with E-state index in [0.29, 0.717) is 5.00 Å². The van der Waals surface area contributed by atoms with E-state index in [2.05, 4.69) is 11.3 Å². The van der Waals surface area contributed by atoms with Gasteiger partial charge in [-0.3, -0.25) is 0 Å². The van der Waals surface area contributed by atoms with Crippen LogP contribution in [0, 0.1) is 0 Å². The number of rotatable bonds is 6. The Labute approximate surface area is 119 Å². The van der Waals surface area contributed by atoms with E-state index in [1.807, 2.05) is 18.7 Å². The fraction of sp³-hybridized carbons (Fsp3) is 0.727. The molecule has 0 saturated carbocycles. The van der Waals surface area contributed by atoms with Gasteiger partial charge >= 0.3 is 0 Å². The zero-order valence-corrected chi connectivity index (χ0v) is 13.7. The molecule has 6 nitrogen and oxygen atoms in total. The third kappa shape index (κ3) is 3.18. The molecule has 2 N–H and O–H groups in total. The molecule has 0 radical (unpaired) electrons. The number of sulfonamides is 1. The molecule has 19 heavy (non-hydrogen) atoms. The van der Waals surface area contributed by atoms with Crippen LogP contribution in [0.15, 0.2) is 4.90 Å². The van der Waals surface area contributed by atoms with Gasteiger partial charge in [0.15, 0.2) is 10.7 Å². The predicted octanol–water partition coefficient (Wildman–Crippen LogP) is 1.60. The van der Waals surface area contributed by atoms with Gasteiger partial charge in [0.05, 0.1) is 0 Å². The van der Waals surface area contributed by atoms with E-state index in [4.69, 9.17) is 5.73 Å². The van der Waals surface area contributed by atoms with Gasteiger partial charge in [-0.1, -0.05) is 6.92 Å². The zero-order chi connectivity index (χ0) is 14.8. The van der Waals surface area contributed by atoms with Crippen LogP contribution in [0.3, 0.4) is 0 Å². The van der Waals surface area contributed by atoms with Gasteiger partial charge in [0, 0.05) is 26.7 Å². The first kappa shape index (κ1) is 16.2. The Kier molecular flexibility index (Phi) is 5.17. The predicted molar refractivity (Wildman–Crippen MR) is 80.2 cm³/mol. The Morgan fingerprint density at radius 2 is 1.95 bits per heavy atom. The van der Waals surface area contributed by atoms with Gasteiger partial charge in [-0.25, -0.2) is 12.7 Å². The smallest absolute Gasteiger partial charge is 0.249 e. The van der Waals surface area contributed by atoms with E-state index in [1.54, 1.807) is 0 Å². The van der Waals surface area contributed by atoms with Crippen molar-refractivity contribution in [1.82, 2.24) is 8.68 Å². The first-order valence-corrected chi connectivity index (χ1v) is 8.39. The van der Waals surface area contributed by atoms with Crippen molar-refractivity contribution in [2.45, 2.75) is 38.1 Å². The SMILES string of the molecule is CCCN(c1snc(N)c1S(=O)(=O)N(C)C)C(C)C. The summed E-state index contributed by atoms with van der Waals surface area (Å²) in [6.07, 6.45) is 0.928. The molecule has 0 fully saturated rings. The Bertz CT molecular complexity index is 523. The average Bonchev–Trinajstić information content (AvgIpc) is 2.67.